The van der Waals surface area contributed by atoms with E-state index in [0.29, 0.717) is 23.4 Å². The molecule has 78 heavy (non-hydrogen) atoms. The van der Waals surface area contributed by atoms with Crippen molar-refractivity contribution in [2.24, 2.45) is 5.73 Å². The minimum Gasteiger partial charge on any atom is -0.480 e. The molecule has 426 valence electrons. The number of carbonyl (C=O) groups excluding carboxylic acids is 6. The number of carboxylic acid groups (broad SMARTS) is 2. The number of carboxylic acids is 2. The Hall–Kier alpha value is -7.75. The molecule has 3 unspecified atom stereocenters. The molecule has 0 spiro atoms. The van der Waals surface area contributed by atoms with Crippen LogP contribution in [0.2, 0.25) is 0 Å². The summed E-state index contributed by atoms with van der Waals surface area (Å²) < 4.78 is 72.9. The Kier molecular flexibility index (Phi) is 30.2. The molecule has 12 N–H and O–H groups in total. The summed E-state index contributed by atoms with van der Waals surface area (Å²) in [6, 6.07) is 14.7. The molecule has 4 aromatic rings. The Bertz CT molecular complexity index is 2630. The SMILES string of the molecule is CCCCCCCCCC(=O)NC(CC(=O)c1ccccc1N)C(=O)O.CCCCCCCCCC(=O)NC(CC(=O)c1ccccc1N)C(=O)Oc1c(F)c(F)c(F)c(F)c1F.Nc1ccccc1C(=O)CC(N)C(=O)O. The van der Waals surface area contributed by atoms with E-state index in [9.17, 15) is 65.4 Å². The fourth-order valence-corrected chi connectivity index (χ4v) is 7.50. The van der Waals surface area contributed by atoms with E-state index in [0.717, 1.165) is 57.8 Å². The predicted octanol–water partition coefficient (Wildman–Crippen LogP) is 9.57. The highest BCUT2D eigenvalue weighted by atomic mass is 19.2. The van der Waals surface area contributed by atoms with Gasteiger partial charge in [0.1, 0.15) is 18.1 Å². The van der Waals surface area contributed by atoms with Crippen LogP contribution in [-0.2, 0) is 24.0 Å². The van der Waals surface area contributed by atoms with Crippen molar-refractivity contribution in [1.29, 1.82) is 0 Å². The van der Waals surface area contributed by atoms with Gasteiger partial charge in [-0.05, 0) is 49.2 Å². The van der Waals surface area contributed by atoms with Gasteiger partial charge in [0, 0.05) is 65.9 Å². The molecule has 0 aliphatic heterocycles. The van der Waals surface area contributed by atoms with Crippen LogP contribution in [-0.4, -0.2) is 75.4 Å². The van der Waals surface area contributed by atoms with Crippen molar-refractivity contribution in [2.45, 2.75) is 154 Å². The lowest BCUT2D eigenvalue weighted by Crippen LogP contribution is -2.44. The van der Waals surface area contributed by atoms with E-state index >= 15 is 0 Å². The molecule has 0 saturated carbocycles. The maximum absolute atomic E-state index is 14.0. The lowest BCUT2D eigenvalue weighted by atomic mass is 10.0. The van der Waals surface area contributed by atoms with Crippen LogP contribution in [0.3, 0.4) is 0 Å². The minimum atomic E-state index is -2.43. The summed E-state index contributed by atoms with van der Waals surface area (Å²) in [5.41, 5.74) is 23.6. The van der Waals surface area contributed by atoms with E-state index < -0.39 is 94.8 Å². The molecule has 0 heterocycles. The second-order valence-electron chi connectivity index (χ2n) is 18.2. The Labute approximate surface area is 450 Å². The van der Waals surface area contributed by atoms with E-state index in [2.05, 4.69) is 29.2 Å². The van der Waals surface area contributed by atoms with Gasteiger partial charge in [-0.15, -0.1) is 0 Å². The lowest BCUT2D eigenvalue weighted by Gasteiger charge is -2.18. The van der Waals surface area contributed by atoms with Crippen molar-refractivity contribution in [1.82, 2.24) is 10.6 Å². The first-order valence-corrected chi connectivity index (χ1v) is 25.7. The fourth-order valence-electron chi connectivity index (χ4n) is 7.50. The Morgan fingerprint density at radius 1 is 0.462 bits per heavy atom. The molecule has 0 bridgehead atoms. The number of aliphatic carboxylic acids is 2. The van der Waals surface area contributed by atoms with Crippen molar-refractivity contribution < 1.29 is 75.3 Å². The van der Waals surface area contributed by atoms with Crippen LogP contribution in [0.4, 0.5) is 39.0 Å². The highest BCUT2D eigenvalue weighted by molar-refractivity contribution is 6.05. The number of nitrogen functional groups attached to an aromatic ring is 3. The number of Topliss-reactive ketones (excluding diaryl/α,β-unsaturated/α-hetero) is 3. The number of hydrogen-bond acceptors (Lipinski definition) is 13. The number of para-hydroxylation sites is 3. The van der Waals surface area contributed by atoms with Gasteiger partial charge < -0.3 is 48.5 Å². The zero-order chi connectivity index (χ0) is 58.3. The van der Waals surface area contributed by atoms with Gasteiger partial charge in [-0.3, -0.25) is 28.8 Å². The van der Waals surface area contributed by atoms with Gasteiger partial charge in [0.25, 0.3) is 0 Å². The van der Waals surface area contributed by atoms with E-state index in [1.54, 1.807) is 54.6 Å². The molecule has 2 amide bonds. The summed E-state index contributed by atoms with van der Waals surface area (Å²) in [4.78, 5) is 95.5. The van der Waals surface area contributed by atoms with Crippen LogP contribution in [0.1, 0.15) is 167 Å². The van der Waals surface area contributed by atoms with Crippen LogP contribution in [0.25, 0.3) is 0 Å². The number of halogens is 5. The number of benzene rings is 4. The lowest BCUT2D eigenvalue weighted by molar-refractivity contribution is -0.141. The van der Waals surface area contributed by atoms with Crippen LogP contribution in [0.5, 0.6) is 5.75 Å². The first-order valence-electron chi connectivity index (χ1n) is 25.7. The number of nitrogens with two attached hydrogens (primary N) is 4. The number of esters is 1. The van der Waals surface area contributed by atoms with Gasteiger partial charge in [-0.1, -0.05) is 127 Å². The molecule has 22 heteroatoms. The molecule has 0 fully saturated rings. The predicted molar refractivity (Wildman–Crippen MR) is 284 cm³/mol. The van der Waals surface area contributed by atoms with E-state index in [1.165, 1.54) is 43.9 Å². The standard InChI is InChI=1S/C26H29F5N2O4.C20H30N2O4.C10H12N2O3/c1-2-3-4-5-6-7-8-13-19(35)33-17(14-18(34)15-11-9-10-12-16(15)32)26(36)37-25-23(30)21(28)20(27)22(29)24(25)31;1-2-3-4-5-6-7-8-13-19(24)22-17(20(25)26)14-18(23)15-11-9-10-12-16(15)21;11-7-4-2-1-3-6(7)9(13)5-8(12)10(14)15/h9-12,17H,2-8,13-14,32H2,1H3,(H,33,35);9-12,17H,2-8,13-14,21H2,1H3,(H,22,24)(H,25,26);1-4,8H,5,11-12H2,(H,14,15). The Morgan fingerprint density at radius 2 is 0.782 bits per heavy atom. The monoisotopic (exact) mass is 1100 g/mol. The van der Waals surface area contributed by atoms with Crippen LogP contribution in [0, 0.1) is 29.1 Å². The normalized spacial score (nSPS) is 11.8. The number of ketones is 3. The van der Waals surface area contributed by atoms with Gasteiger partial charge in [0.15, 0.2) is 17.3 Å². The molecule has 0 aromatic heterocycles. The van der Waals surface area contributed by atoms with Crippen LogP contribution in [0.15, 0.2) is 72.8 Å². The average molecular weight is 1100 g/mol. The molecule has 0 radical (unpaired) electrons. The number of unbranched alkanes of at least 4 members (excludes halogenated alkanes) is 12. The van der Waals surface area contributed by atoms with Crippen molar-refractivity contribution in [3.8, 4) is 5.75 Å². The number of amides is 2. The summed E-state index contributed by atoms with van der Waals surface area (Å²) in [5, 5.41) is 22.5. The number of hydrogen-bond donors (Lipinski definition) is 8. The summed E-state index contributed by atoms with van der Waals surface area (Å²) in [5.74, 6) is -20.1. The van der Waals surface area contributed by atoms with Crippen molar-refractivity contribution >= 4 is 64.1 Å². The molecule has 3 atom stereocenters. The highest BCUT2D eigenvalue weighted by Crippen LogP contribution is 2.30. The third kappa shape index (κ3) is 23.2. The molecular formula is C56H71F5N6O11. The number of rotatable bonds is 31. The van der Waals surface area contributed by atoms with Crippen molar-refractivity contribution in [2.75, 3.05) is 17.2 Å². The second-order valence-corrected chi connectivity index (χ2v) is 18.2. The van der Waals surface area contributed by atoms with E-state index in [-0.39, 0.29) is 54.2 Å². The van der Waals surface area contributed by atoms with Crippen molar-refractivity contribution in [3.05, 3.63) is 119 Å². The number of ether oxygens (including phenoxy) is 1. The molecule has 0 saturated heterocycles. The first kappa shape index (κ1) is 66.4. The first-order chi connectivity index (χ1) is 37.0. The molecule has 4 aromatic carbocycles. The van der Waals surface area contributed by atoms with Gasteiger partial charge >= 0.3 is 17.9 Å². The molecule has 0 aliphatic carbocycles. The van der Waals surface area contributed by atoms with Crippen molar-refractivity contribution in [3.63, 3.8) is 0 Å². The highest BCUT2D eigenvalue weighted by Gasteiger charge is 2.33. The summed E-state index contributed by atoms with van der Waals surface area (Å²) in [6.45, 7) is 4.26. The zero-order valence-corrected chi connectivity index (χ0v) is 43.9. The smallest absolute Gasteiger partial charge is 0.334 e. The summed E-state index contributed by atoms with van der Waals surface area (Å²) >= 11 is 0. The van der Waals surface area contributed by atoms with Gasteiger partial charge in [-0.25, -0.2) is 22.8 Å². The fraction of sp³-hybridized carbons (Fsp3) is 0.429. The maximum Gasteiger partial charge on any atom is 0.334 e. The minimum absolute atomic E-state index is 0.0119. The quantitative estimate of drug-likeness (QED) is 0.00340. The molecular weight excluding hydrogens is 1030 g/mol. The number of carbonyl (C=O) groups is 8. The van der Waals surface area contributed by atoms with Crippen LogP contribution < -0.4 is 38.3 Å². The van der Waals surface area contributed by atoms with Gasteiger partial charge in [-0.2, -0.15) is 8.78 Å². The largest absolute Gasteiger partial charge is 0.480 e. The van der Waals surface area contributed by atoms with E-state index in [1.807, 2.05) is 0 Å². The van der Waals surface area contributed by atoms with Gasteiger partial charge in [0.2, 0.25) is 46.6 Å². The number of nitrogens with one attached hydrogen (secondary N) is 2. The average Bonchev–Trinajstić information content (AvgIpc) is 3.43. The third-order valence-corrected chi connectivity index (χ3v) is 11.9. The topological polar surface area (TPSA) is 314 Å². The molecule has 0 aliphatic rings. The maximum atomic E-state index is 14.0. The van der Waals surface area contributed by atoms with Crippen LogP contribution >= 0.6 is 0 Å². The van der Waals surface area contributed by atoms with Gasteiger partial charge in [0.05, 0.1) is 0 Å². The summed E-state index contributed by atoms with van der Waals surface area (Å²) in [6.07, 6.45) is 13.0. The molecule has 4 rings (SSSR count). The third-order valence-electron chi connectivity index (χ3n) is 11.9. The Morgan fingerprint density at radius 3 is 1.14 bits per heavy atom. The number of anilines is 3. The summed E-state index contributed by atoms with van der Waals surface area (Å²) in [7, 11) is 0. The Balaban J connectivity index is 0.000000438. The molecule has 17 nitrogen and oxygen atoms in total. The van der Waals surface area contributed by atoms with E-state index in [4.69, 9.17) is 28.0 Å². The second kappa shape index (κ2) is 35.6. The zero-order valence-electron chi connectivity index (χ0n) is 43.9.